The number of aryl methyl sites for hydroxylation is 1. The average molecular weight is 285 g/mol. The van der Waals surface area contributed by atoms with E-state index >= 15 is 0 Å². The van der Waals surface area contributed by atoms with Gasteiger partial charge < -0.3 is 5.32 Å². The molecule has 5 heteroatoms. The van der Waals surface area contributed by atoms with E-state index in [2.05, 4.69) is 10.3 Å². The van der Waals surface area contributed by atoms with E-state index in [0.29, 0.717) is 22.3 Å². The van der Waals surface area contributed by atoms with E-state index in [4.69, 9.17) is 23.2 Å². The molecule has 0 aliphatic rings. The van der Waals surface area contributed by atoms with Crippen molar-refractivity contribution in [3.8, 4) is 0 Å². The molecular formula is C13H11Cl2FN2. The van der Waals surface area contributed by atoms with Crippen molar-refractivity contribution in [2.24, 2.45) is 0 Å². The molecule has 0 aliphatic carbocycles. The van der Waals surface area contributed by atoms with Crippen molar-refractivity contribution in [1.29, 1.82) is 0 Å². The Balaban J connectivity index is 2.09. The number of hydrogen-bond acceptors (Lipinski definition) is 2. The highest BCUT2D eigenvalue weighted by Crippen LogP contribution is 2.18. The molecule has 1 aromatic heterocycles. The van der Waals surface area contributed by atoms with Crippen LogP contribution in [-0.2, 0) is 6.54 Å². The second-order valence-corrected chi connectivity index (χ2v) is 4.72. The van der Waals surface area contributed by atoms with Gasteiger partial charge >= 0.3 is 0 Å². The lowest BCUT2D eigenvalue weighted by Gasteiger charge is -2.08. The molecule has 0 saturated heterocycles. The fourth-order valence-corrected chi connectivity index (χ4v) is 1.78. The van der Waals surface area contributed by atoms with Crippen molar-refractivity contribution < 1.29 is 4.39 Å². The number of nitrogens with zero attached hydrogens (tertiary/aromatic N) is 1. The molecule has 2 nitrogen and oxygen atoms in total. The van der Waals surface area contributed by atoms with Gasteiger partial charge in [0.2, 0.25) is 0 Å². The minimum Gasteiger partial charge on any atom is -0.380 e. The molecule has 0 saturated carbocycles. The zero-order valence-corrected chi connectivity index (χ0v) is 11.2. The van der Waals surface area contributed by atoms with Gasteiger partial charge in [0, 0.05) is 17.1 Å². The molecule has 0 radical (unpaired) electrons. The molecule has 18 heavy (non-hydrogen) atoms. The summed E-state index contributed by atoms with van der Waals surface area (Å²) in [6.45, 7) is 2.23. The summed E-state index contributed by atoms with van der Waals surface area (Å²) >= 11 is 11.5. The van der Waals surface area contributed by atoms with E-state index in [-0.39, 0.29) is 5.82 Å². The van der Waals surface area contributed by atoms with E-state index in [0.717, 1.165) is 11.3 Å². The standard InChI is InChI=1S/C13H11Cl2FN2/c1-8-4-11(7-18-13(8)15)17-6-9-2-3-10(14)5-12(9)16/h2-5,7,17H,6H2,1H3. The Morgan fingerprint density at radius 1 is 1.28 bits per heavy atom. The number of aromatic nitrogens is 1. The summed E-state index contributed by atoms with van der Waals surface area (Å²) in [6.07, 6.45) is 1.61. The molecule has 0 unspecified atom stereocenters. The number of hydrogen-bond donors (Lipinski definition) is 1. The van der Waals surface area contributed by atoms with Crippen LogP contribution in [-0.4, -0.2) is 4.98 Å². The van der Waals surface area contributed by atoms with Crippen LogP contribution in [0.3, 0.4) is 0 Å². The first-order chi connectivity index (χ1) is 8.56. The zero-order chi connectivity index (χ0) is 13.1. The normalized spacial score (nSPS) is 10.4. The highest BCUT2D eigenvalue weighted by molar-refractivity contribution is 6.30. The van der Waals surface area contributed by atoms with Gasteiger partial charge in [0.25, 0.3) is 0 Å². The minimum absolute atomic E-state index is 0.325. The van der Waals surface area contributed by atoms with E-state index in [1.54, 1.807) is 18.3 Å². The summed E-state index contributed by atoms with van der Waals surface area (Å²) in [6, 6.07) is 6.47. The first-order valence-corrected chi connectivity index (χ1v) is 6.12. The van der Waals surface area contributed by atoms with Gasteiger partial charge in [-0.15, -0.1) is 0 Å². The predicted molar refractivity (Wildman–Crippen MR) is 72.7 cm³/mol. The van der Waals surface area contributed by atoms with Crippen LogP contribution in [0.1, 0.15) is 11.1 Å². The van der Waals surface area contributed by atoms with Crippen molar-refractivity contribution in [3.05, 3.63) is 57.6 Å². The quantitative estimate of drug-likeness (QED) is 0.843. The fraction of sp³-hybridized carbons (Fsp3) is 0.154. The van der Waals surface area contributed by atoms with Crippen LogP contribution in [0.5, 0.6) is 0 Å². The number of rotatable bonds is 3. The van der Waals surface area contributed by atoms with Crippen molar-refractivity contribution in [2.75, 3.05) is 5.32 Å². The summed E-state index contributed by atoms with van der Waals surface area (Å²) in [4.78, 5) is 4.02. The van der Waals surface area contributed by atoms with Crippen LogP contribution in [0.15, 0.2) is 30.5 Å². The Hall–Kier alpha value is -1.32. The maximum absolute atomic E-state index is 13.5. The van der Waals surface area contributed by atoms with Gasteiger partial charge in [-0.2, -0.15) is 0 Å². The molecule has 1 aromatic carbocycles. The third-order valence-electron chi connectivity index (χ3n) is 2.51. The van der Waals surface area contributed by atoms with Gasteiger partial charge in [-0.3, -0.25) is 0 Å². The first-order valence-electron chi connectivity index (χ1n) is 5.36. The molecule has 94 valence electrons. The molecule has 2 aromatic rings. The molecule has 0 spiro atoms. The lowest BCUT2D eigenvalue weighted by atomic mass is 10.2. The number of pyridine rings is 1. The summed E-state index contributed by atoms with van der Waals surface area (Å²) in [5.74, 6) is -0.325. The van der Waals surface area contributed by atoms with Gasteiger partial charge in [-0.25, -0.2) is 9.37 Å². The summed E-state index contributed by atoms with van der Waals surface area (Å²) < 4.78 is 13.5. The highest BCUT2D eigenvalue weighted by Gasteiger charge is 2.04. The van der Waals surface area contributed by atoms with E-state index in [1.165, 1.54) is 6.07 Å². The van der Waals surface area contributed by atoms with E-state index < -0.39 is 0 Å². The van der Waals surface area contributed by atoms with Crippen molar-refractivity contribution in [1.82, 2.24) is 4.98 Å². The first kappa shape index (κ1) is 13.1. The van der Waals surface area contributed by atoms with Crippen LogP contribution in [0.25, 0.3) is 0 Å². The fourth-order valence-electron chi connectivity index (χ4n) is 1.52. The zero-order valence-electron chi connectivity index (χ0n) is 9.67. The molecule has 0 aliphatic heterocycles. The summed E-state index contributed by atoms with van der Waals surface area (Å²) in [5.41, 5.74) is 2.22. The van der Waals surface area contributed by atoms with Crippen molar-refractivity contribution >= 4 is 28.9 Å². The Bertz CT molecular complexity index is 573. The summed E-state index contributed by atoms with van der Waals surface area (Å²) in [7, 11) is 0. The number of nitrogens with one attached hydrogen (secondary N) is 1. The Kier molecular flexibility index (Phi) is 4.04. The van der Waals surface area contributed by atoms with Crippen LogP contribution in [0.2, 0.25) is 10.2 Å². The van der Waals surface area contributed by atoms with Gasteiger partial charge in [-0.1, -0.05) is 29.3 Å². The third kappa shape index (κ3) is 3.12. The lowest BCUT2D eigenvalue weighted by Crippen LogP contribution is -2.02. The van der Waals surface area contributed by atoms with Gasteiger partial charge in [0.1, 0.15) is 11.0 Å². The topological polar surface area (TPSA) is 24.9 Å². The maximum atomic E-state index is 13.5. The Morgan fingerprint density at radius 2 is 2.06 bits per heavy atom. The van der Waals surface area contributed by atoms with Gasteiger partial charge in [-0.05, 0) is 30.7 Å². The second kappa shape index (κ2) is 5.55. The van der Waals surface area contributed by atoms with E-state index in [9.17, 15) is 4.39 Å². The number of halogens is 3. The van der Waals surface area contributed by atoms with Crippen LogP contribution >= 0.6 is 23.2 Å². The highest BCUT2D eigenvalue weighted by atomic mass is 35.5. The number of benzene rings is 1. The lowest BCUT2D eigenvalue weighted by molar-refractivity contribution is 0.613. The van der Waals surface area contributed by atoms with Crippen LogP contribution in [0, 0.1) is 12.7 Å². The molecule has 0 fully saturated rings. The monoisotopic (exact) mass is 284 g/mol. The molecule has 0 bridgehead atoms. The van der Waals surface area contributed by atoms with E-state index in [1.807, 2.05) is 13.0 Å². The Morgan fingerprint density at radius 3 is 2.72 bits per heavy atom. The van der Waals surface area contributed by atoms with Crippen molar-refractivity contribution in [2.45, 2.75) is 13.5 Å². The molecule has 2 rings (SSSR count). The largest absolute Gasteiger partial charge is 0.380 e. The average Bonchev–Trinajstić information content (AvgIpc) is 2.32. The smallest absolute Gasteiger partial charge is 0.132 e. The maximum Gasteiger partial charge on any atom is 0.132 e. The SMILES string of the molecule is Cc1cc(NCc2ccc(Cl)cc2F)cnc1Cl. The molecular weight excluding hydrogens is 274 g/mol. The molecule has 1 N–H and O–H groups in total. The minimum atomic E-state index is -0.325. The van der Waals surface area contributed by atoms with Crippen LogP contribution in [0.4, 0.5) is 10.1 Å². The predicted octanol–water partition coefficient (Wildman–Crippen LogP) is 4.45. The summed E-state index contributed by atoms with van der Waals surface area (Å²) in [5, 5.41) is 3.94. The van der Waals surface area contributed by atoms with Crippen molar-refractivity contribution in [3.63, 3.8) is 0 Å². The third-order valence-corrected chi connectivity index (χ3v) is 3.14. The number of anilines is 1. The molecule has 0 amide bonds. The molecule has 1 heterocycles. The Labute approximate surface area is 115 Å². The molecule has 0 atom stereocenters. The van der Waals surface area contributed by atoms with Gasteiger partial charge in [0.15, 0.2) is 0 Å². The second-order valence-electron chi connectivity index (χ2n) is 3.92. The van der Waals surface area contributed by atoms with Gasteiger partial charge in [0.05, 0.1) is 11.9 Å². The van der Waals surface area contributed by atoms with Crippen LogP contribution < -0.4 is 5.32 Å².